The number of rotatable bonds is 5. The van der Waals surface area contributed by atoms with Gasteiger partial charge < -0.3 is 14.6 Å². The van der Waals surface area contributed by atoms with Crippen LogP contribution >= 0.6 is 0 Å². The van der Waals surface area contributed by atoms with Crippen LogP contribution in [0.5, 0.6) is 5.75 Å². The average Bonchev–Trinajstić information content (AvgIpc) is 2.90. The fraction of sp³-hybridized carbons (Fsp3) is 0.429. The van der Waals surface area contributed by atoms with Crippen LogP contribution in [0.25, 0.3) is 0 Å². The fourth-order valence-corrected chi connectivity index (χ4v) is 1.76. The number of benzene rings is 1. The van der Waals surface area contributed by atoms with Gasteiger partial charge in [0.25, 0.3) is 0 Å². The molecule has 3 nitrogen and oxygen atoms in total. The molecule has 0 aliphatic carbocycles. The molecule has 0 radical (unpaired) electrons. The second-order valence-corrected chi connectivity index (χ2v) is 4.06. The van der Waals surface area contributed by atoms with Crippen LogP contribution in [0.1, 0.15) is 31.4 Å². The van der Waals surface area contributed by atoms with Gasteiger partial charge in [-0.2, -0.15) is 0 Å². The van der Waals surface area contributed by atoms with E-state index in [4.69, 9.17) is 9.47 Å². The molecule has 1 aliphatic heterocycles. The van der Waals surface area contributed by atoms with Crippen LogP contribution in [0.4, 0.5) is 0 Å². The molecule has 1 N–H and O–H groups in total. The molecule has 0 aromatic heterocycles. The Labute approximate surface area is 102 Å². The van der Waals surface area contributed by atoms with E-state index in [1.54, 1.807) is 0 Å². The number of ether oxygens (including phenoxy) is 2. The van der Waals surface area contributed by atoms with Gasteiger partial charge in [-0.05, 0) is 30.2 Å². The van der Waals surface area contributed by atoms with Crippen molar-refractivity contribution in [3.63, 3.8) is 0 Å². The number of aliphatic hydroxyl groups is 1. The van der Waals surface area contributed by atoms with Crippen LogP contribution in [0.2, 0.25) is 0 Å². The smallest absolute Gasteiger partial charge is 0.136 e. The molecular formula is C14H18O3. The molecule has 1 atom stereocenters. The molecule has 0 bridgehead atoms. The summed E-state index contributed by atoms with van der Waals surface area (Å²) < 4.78 is 10.8. The van der Waals surface area contributed by atoms with Crippen LogP contribution in [-0.2, 0) is 4.74 Å². The van der Waals surface area contributed by atoms with Crippen molar-refractivity contribution in [1.82, 2.24) is 0 Å². The highest BCUT2D eigenvalue weighted by Crippen LogP contribution is 2.27. The summed E-state index contributed by atoms with van der Waals surface area (Å²) in [6, 6.07) is 7.50. The Bertz CT molecular complexity index is 381. The first kappa shape index (κ1) is 12.0. The van der Waals surface area contributed by atoms with Crippen LogP contribution < -0.4 is 4.74 Å². The van der Waals surface area contributed by atoms with E-state index in [1.165, 1.54) is 0 Å². The quantitative estimate of drug-likeness (QED) is 0.851. The lowest BCUT2D eigenvalue weighted by atomic mass is 10.1. The molecule has 0 saturated heterocycles. The van der Waals surface area contributed by atoms with Crippen LogP contribution in [0.15, 0.2) is 36.1 Å². The highest BCUT2D eigenvalue weighted by atomic mass is 16.5. The summed E-state index contributed by atoms with van der Waals surface area (Å²) in [4.78, 5) is 0. The summed E-state index contributed by atoms with van der Waals surface area (Å²) in [5.41, 5.74) is 0.835. The predicted molar refractivity (Wildman–Crippen MR) is 65.8 cm³/mol. The zero-order valence-electron chi connectivity index (χ0n) is 10.1. The molecule has 92 valence electrons. The Morgan fingerprint density at radius 1 is 1.35 bits per heavy atom. The summed E-state index contributed by atoms with van der Waals surface area (Å²) in [5.74, 6) is 1.50. The minimum atomic E-state index is -0.655. The van der Waals surface area contributed by atoms with Gasteiger partial charge in [0.1, 0.15) is 17.6 Å². The maximum atomic E-state index is 10.1. The van der Waals surface area contributed by atoms with Gasteiger partial charge in [-0.1, -0.05) is 19.1 Å². The summed E-state index contributed by atoms with van der Waals surface area (Å²) in [7, 11) is 0. The third-order valence-corrected chi connectivity index (χ3v) is 2.67. The standard InChI is InChI=1S/C14H18O3/c1-2-9-16-12-7-5-11(6-8-12)14(15)13-4-3-10-17-13/h4-8,14-15H,2-3,9-10H2,1H3. The normalized spacial score (nSPS) is 16.2. The molecule has 0 spiro atoms. The monoisotopic (exact) mass is 234 g/mol. The summed E-state index contributed by atoms with van der Waals surface area (Å²) >= 11 is 0. The molecule has 1 aliphatic rings. The zero-order valence-corrected chi connectivity index (χ0v) is 10.1. The Morgan fingerprint density at radius 2 is 2.12 bits per heavy atom. The van der Waals surface area contributed by atoms with Crippen LogP contribution in [0.3, 0.4) is 0 Å². The van der Waals surface area contributed by atoms with E-state index >= 15 is 0 Å². The van der Waals surface area contributed by atoms with Gasteiger partial charge in [-0.25, -0.2) is 0 Å². The molecule has 2 rings (SSSR count). The van der Waals surface area contributed by atoms with Crippen molar-refractivity contribution >= 4 is 0 Å². The van der Waals surface area contributed by atoms with Gasteiger partial charge in [0.2, 0.25) is 0 Å². The highest BCUT2D eigenvalue weighted by molar-refractivity contribution is 5.31. The van der Waals surface area contributed by atoms with E-state index in [-0.39, 0.29) is 0 Å². The van der Waals surface area contributed by atoms with E-state index in [0.29, 0.717) is 12.4 Å². The molecule has 0 saturated carbocycles. The van der Waals surface area contributed by atoms with E-state index in [2.05, 4.69) is 6.92 Å². The zero-order chi connectivity index (χ0) is 12.1. The maximum Gasteiger partial charge on any atom is 0.136 e. The molecule has 1 aromatic carbocycles. The lowest BCUT2D eigenvalue weighted by molar-refractivity contribution is 0.119. The predicted octanol–water partition coefficient (Wildman–Crippen LogP) is 2.81. The molecule has 0 fully saturated rings. The first-order valence-electron chi connectivity index (χ1n) is 6.05. The van der Waals surface area contributed by atoms with Crippen LogP contribution in [0, 0.1) is 0 Å². The summed E-state index contributed by atoms with van der Waals surface area (Å²) in [5, 5.41) is 10.1. The van der Waals surface area contributed by atoms with Crippen molar-refractivity contribution in [2.24, 2.45) is 0 Å². The average molecular weight is 234 g/mol. The van der Waals surface area contributed by atoms with Crippen molar-refractivity contribution in [2.75, 3.05) is 13.2 Å². The minimum absolute atomic E-state index is 0.655. The first-order valence-corrected chi connectivity index (χ1v) is 6.05. The van der Waals surface area contributed by atoms with Gasteiger partial charge in [0.05, 0.1) is 13.2 Å². The molecule has 1 heterocycles. The van der Waals surface area contributed by atoms with Crippen molar-refractivity contribution in [3.8, 4) is 5.75 Å². The maximum absolute atomic E-state index is 10.1. The molecule has 0 amide bonds. The molecule has 1 aromatic rings. The molecular weight excluding hydrogens is 216 g/mol. The Kier molecular flexibility index (Phi) is 4.04. The van der Waals surface area contributed by atoms with E-state index < -0.39 is 6.10 Å². The molecule has 3 heteroatoms. The third-order valence-electron chi connectivity index (χ3n) is 2.67. The van der Waals surface area contributed by atoms with Gasteiger partial charge in [-0.15, -0.1) is 0 Å². The lowest BCUT2D eigenvalue weighted by Gasteiger charge is -2.13. The van der Waals surface area contributed by atoms with Gasteiger partial charge in [0, 0.05) is 6.42 Å². The summed E-state index contributed by atoms with van der Waals surface area (Å²) in [6.45, 7) is 3.46. The number of hydrogen-bond acceptors (Lipinski definition) is 3. The Hall–Kier alpha value is -1.48. The van der Waals surface area contributed by atoms with Crippen molar-refractivity contribution in [1.29, 1.82) is 0 Å². The largest absolute Gasteiger partial charge is 0.495 e. The van der Waals surface area contributed by atoms with Crippen molar-refractivity contribution in [2.45, 2.75) is 25.9 Å². The molecule has 17 heavy (non-hydrogen) atoms. The van der Waals surface area contributed by atoms with Gasteiger partial charge in [0.15, 0.2) is 0 Å². The highest BCUT2D eigenvalue weighted by Gasteiger charge is 2.17. The van der Waals surface area contributed by atoms with Crippen molar-refractivity contribution in [3.05, 3.63) is 41.7 Å². The second kappa shape index (κ2) is 5.73. The van der Waals surface area contributed by atoms with Crippen LogP contribution in [-0.4, -0.2) is 18.3 Å². The fourth-order valence-electron chi connectivity index (χ4n) is 1.76. The lowest BCUT2D eigenvalue weighted by Crippen LogP contribution is -2.02. The SMILES string of the molecule is CCCOc1ccc(C(O)C2=CCCO2)cc1. The van der Waals surface area contributed by atoms with Gasteiger partial charge >= 0.3 is 0 Å². The number of aliphatic hydroxyl groups excluding tert-OH is 1. The second-order valence-electron chi connectivity index (χ2n) is 4.06. The third kappa shape index (κ3) is 3.01. The van der Waals surface area contributed by atoms with E-state index in [1.807, 2.05) is 30.3 Å². The first-order chi connectivity index (χ1) is 8.31. The van der Waals surface area contributed by atoms with E-state index in [9.17, 15) is 5.11 Å². The summed E-state index contributed by atoms with van der Waals surface area (Å²) in [6.07, 6.45) is 3.15. The Morgan fingerprint density at radius 3 is 2.71 bits per heavy atom. The van der Waals surface area contributed by atoms with Crippen molar-refractivity contribution < 1.29 is 14.6 Å². The van der Waals surface area contributed by atoms with E-state index in [0.717, 1.165) is 30.8 Å². The minimum Gasteiger partial charge on any atom is -0.495 e. The Balaban J connectivity index is 2.01. The van der Waals surface area contributed by atoms with Gasteiger partial charge in [-0.3, -0.25) is 0 Å². The molecule has 1 unspecified atom stereocenters. The number of hydrogen-bond donors (Lipinski definition) is 1. The topological polar surface area (TPSA) is 38.7 Å².